The normalized spacial score (nSPS) is 19.8. The van der Waals surface area contributed by atoms with E-state index in [1.165, 1.54) is 30.6 Å². The summed E-state index contributed by atoms with van der Waals surface area (Å²) in [6, 6.07) is 6.91. The van der Waals surface area contributed by atoms with Gasteiger partial charge in [0.2, 0.25) is 11.8 Å². The molecule has 2 N–H and O–H groups in total. The van der Waals surface area contributed by atoms with Gasteiger partial charge in [0, 0.05) is 35.4 Å². The maximum absolute atomic E-state index is 13.2. The van der Waals surface area contributed by atoms with E-state index in [4.69, 9.17) is 11.6 Å². The van der Waals surface area contributed by atoms with Crippen molar-refractivity contribution in [2.24, 2.45) is 5.92 Å². The van der Waals surface area contributed by atoms with E-state index < -0.39 is 6.04 Å². The molecular weight excluding hydrogens is 478 g/mol. The first-order chi connectivity index (χ1) is 16.0. The van der Waals surface area contributed by atoms with Crippen LogP contribution in [0.4, 0.5) is 10.8 Å². The Morgan fingerprint density at radius 1 is 1.21 bits per heavy atom. The first kappa shape index (κ1) is 24.3. The molecular formula is C23H30ClN5O2S2. The molecule has 2 aromatic rings. The molecule has 2 fully saturated rings. The predicted molar refractivity (Wildman–Crippen MR) is 137 cm³/mol. The molecule has 33 heavy (non-hydrogen) atoms. The van der Waals surface area contributed by atoms with E-state index in [-0.39, 0.29) is 23.9 Å². The third kappa shape index (κ3) is 6.62. The maximum Gasteiger partial charge on any atom is 0.248 e. The number of amides is 2. The second kappa shape index (κ2) is 11.6. The number of thiazole rings is 1. The van der Waals surface area contributed by atoms with E-state index >= 15 is 0 Å². The summed E-state index contributed by atoms with van der Waals surface area (Å²) < 4.78 is 0. The van der Waals surface area contributed by atoms with Crippen LogP contribution in [-0.2, 0) is 9.59 Å². The Balaban J connectivity index is 1.40. The highest BCUT2D eigenvalue weighted by atomic mass is 35.5. The minimum Gasteiger partial charge on any atom is -0.361 e. The van der Waals surface area contributed by atoms with Crippen molar-refractivity contribution in [3.8, 4) is 0 Å². The zero-order chi connectivity index (χ0) is 23.2. The predicted octanol–water partition coefficient (Wildman–Crippen LogP) is 4.54. The van der Waals surface area contributed by atoms with Crippen LogP contribution < -0.4 is 10.6 Å². The fourth-order valence-electron chi connectivity index (χ4n) is 4.62. The standard InChI is InChI=1S/C23H30ClN5O2S2/c24-17-6-8-18(9-7-17)26-23(32)28-11-12-29(20(30)15-28)19(14-16-4-2-1-3-5-16)21(31)27-22-25-10-13-33-22/h6-10,13,16,19,23,26,32H,1-5,11-12,14-15H2,(H,25,27,31)/t19-,23?/m0/s1. The lowest BCUT2D eigenvalue weighted by Crippen LogP contribution is -2.59. The summed E-state index contributed by atoms with van der Waals surface area (Å²) >= 11 is 12.0. The molecule has 1 saturated carbocycles. The third-order valence-electron chi connectivity index (χ3n) is 6.40. The Hall–Kier alpha value is -1.81. The highest BCUT2D eigenvalue weighted by Gasteiger charge is 2.37. The van der Waals surface area contributed by atoms with E-state index in [2.05, 4.69) is 28.2 Å². The van der Waals surface area contributed by atoms with E-state index in [0.717, 1.165) is 18.5 Å². The van der Waals surface area contributed by atoms with E-state index in [1.54, 1.807) is 11.1 Å². The molecule has 0 spiro atoms. The number of carbonyl (C=O) groups is 2. The quantitative estimate of drug-likeness (QED) is 0.361. The van der Waals surface area contributed by atoms with Crippen LogP contribution >= 0.6 is 35.6 Å². The molecule has 0 bridgehead atoms. The smallest absolute Gasteiger partial charge is 0.248 e. The van der Waals surface area contributed by atoms with Crippen molar-refractivity contribution in [2.45, 2.75) is 50.1 Å². The van der Waals surface area contributed by atoms with E-state index in [9.17, 15) is 9.59 Å². The molecule has 4 rings (SSSR count). The molecule has 2 atom stereocenters. The lowest BCUT2D eigenvalue weighted by atomic mass is 9.84. The molecule has 7 nitrogen and oxygen atoms in total. The number of anilines is 2. The first-order valence-electron chi connectivity index (χ1n) is 11.4. The number of nitrogens with zero attached hydrogens (tertiary/aromatic N) is 3. The van der Waals surface area contributed by atoms with Gasteiger partial charge in [0.15, 0.2) is 5.13 Å². The van der Waals surface area contributed by atoms with Gasteiger partial charge >= 0.3 is 0 Å². The third-order valence-corrected chi connectivity index (χ3v) is 7.79. The van der Waals surface area contributed by atoms with Crippen molar-refractivity contribution in [1.82, 2.24) is 14.8 Å². The Kier molecular flexibility index (Phi) is 8.51. The van der Waals surface area contributed by atoms with E-state index in [0.29, 0.717) is 35.6 Å². The molecule has 1 aromatic carbocycles. The van der Waals surface area contributed by atoms with Crippen LogP contribution in [0.5, 0.6) is 0 Å². The summed E-state index contributed by atoms with van der Waals surface area (Å²) in [7, 11) is 0. The molecule has 0 radical (unpaired) electrons. The van der Waals surface area contributed by atoms with Crippen LogP contribution in [0.15, 0.2) is 35.8 Å². The first-order valence-corrected chi connectivity index (χ1v) is 13.2. The number of halogens is 1. The topological polar surface area (TPSA) is 77.6 Å². The number of hydrogen-bond donors (Lipinski definition) is 3. The summed E-state index contributed by atoms with van der Waals surface area (Å²) in [5.41, 5.74) is 0.561. The largest absolute Gasteiger partial charge is 0.361 e. The summed E-state index contributed by atoms with van der Waals surface area (Å²) in [5.74, 6) is 0.285. The van der Waals surface area contributed by atoms with Crippen LogP contribution in [0, 0.1) is 5.92 Å². The second-order valence-corrected chi connectivity index (χ2v) is 10.5. The molecule has 1 unspecified atom stereocenters. The van der Waals surface area contributed by atoms with Crippen molar-refractivity contribution >= 4 is 58.2 Å². The lowest BCUT2D eigenvalue weighted by molar-refractivity contribution is -0.144. The van der Waals surface area contributed by atoms with Crippen LogP contribution in [-0.4, -0.2) is 57.8 Å². The number of hydrogen-bond acceptors (Lipinski definition) is 7. The average molecular weight is 508 g/mol. The van der Waals surface area contributed by atoms with Gasteiger partial charge in [0.25, 0.3) is 0 Å². The molecule has 178 valence electrons. The number of aromatic nitrogens is 1. The summed E-state index contributed by atoms with van der Waals surface area (Å²) in [6.45, 7) is 1.33. The fraction of sp³-hybridized carbons (Fsp3) is 0.522. The van der Waals surface area contributed by atoms with Crippen LogP contribution in [0.2, 0.25) is 5.02 Å². The van der Waals surface area contributed by atoms with Crippen LogP contribution in [0.25, 0.3) is 0 Å². The van der Waals surface area contributed by atoms with Gasteiger partial charge in [-0.25, -0.2) is 4.98 Å². The number of benzene rings is 1. The Labute approximate surface area is 209 Å². The van der Waals surface area contributed by atoms with Crippen molar-refractivity contribution in [3.63, 3.8) is 0 Å². The zero-order valence-electron chi connectivity index (χ0n) is 18.5. The highest BCUT2D eigenvalue weighted by molar-refractivity contribution is 7.81. The van der Waals surface area contributed by atoms with Crippen molar-refractivity contribution < 1.29 is 9.59 Å². The maximum atomic E-state index is 13.2. The molecule has 10 heteroatoms. The Morgan fingerprint density at radius 2 is 1.97 bits per heavy atom. The molecule has 1 aliphatic heterocycles. The number of thiol groups is 1. The van der Waals surface area contributed by atoms with Crippen molar-refractivity contribution in [3.05, 3.63) is 40.9 Å². The summed E-state index contributed by atoms with van der Waals surface area (Å²) in [6.07, 6.45) is 8.28. The van der Waals surface area contributed by atoms with Gasteiger partial charge in [0.1, 0.15) is 11.5 Å². The van der Waals surface area contributed by atoms with Crippen molar-refractivity contribution in [2.75, 3.05) is 30.3 Å². The van der Waals surface area contributed by atoms with Gasteiger partial charge < -0.3 is 15.5 Å². The Bertz CT molecular complexity index is 921. The van der Waals surface area contributed by atoms with Crippen molar-refractivity contribution in [1.29, 1.82) is 0 Å². The summed E-state index contributed by atoms with van der Waals surface area (Å²) in [4.78, 5) is 34.3. The van der Waals surface area contributed by atoms with Gasteiger partial charge in [-0.3, -0.25) is 14.5 Å². The SMILES string of the molecule is O=C(Nc1nccs1)[C@H](CC1CCCCC1)N1CCN(C(S)Nc2ccc(Cl)cc2)CC1=O. The van der Waals surface area contributed by atoms with Crippen LogP contribution in [0.3, 0.4) is 0 Å². The number of rotatable bonds is 8. The molecule has 1 aliphatic carbocycles. The Morgan fingerprint density at radius 3 is 2.64 bits per heavy atom. The van der Waals surface area contributed by atoms with Gasteiger partial charge in [-0.05, 0) is 36.6 Å². The fourth-order valence-corrected chi connectivity index (χ4v) is 5.62. The minimum atomic E-state index is -0.478. The average Bonchev–Trinajstić information content (AvgIpc) is 3.33. The molecule has 2 amide bonds. The monoisotopic (exact) mass is 507 g/mol. The lowest BCUT2D eigenvalue weighted by Gasteiger charge is -2.41. The second-order valence-electron chi connectivity index (χ2n) is 8.66. The van der Waals surface area contributed by atoms with Crippen LogP contribution in [0.1, 0.15) is 38.5 Å². The van der Waals surface area contributed by atoms with Gasteiger partial charge in [-0.15, -0.1) is 24.0 Å². The number of nitrogens with one attached hydrogen (secondary N) is 2. The van der Waals surface area contributed by atoms with Gasteiger partial charge in [-0.1, -0.05) is 43.7 Å². The minimum absolute atomic E-state index is 0.0479. The molecule has 2 aliphatic rings. The van der Waals surface area contributed by atoms with Gasteiger partial charge in [0.05, 0.1) is 6.54 Å². The zero-order valence-corrected chi connectivity index (χ0v) is 20.9. The highest BCUT2D eigenvalue weighted by Crippen LogP contribution is 2.30. The number of carbonyl (C=O) groups excluding carboxylic acids is 2. The van der Waals surface area contributed by atoms with E-state index in [1.807, 2.05) is 34.5 Å². The van der Waals surface area contributed by atoms with Gasteiger partial charge in [-0.2, -0.15) is 0 Å². The molecule has 2 heterocycles. The number of piperazine rings is 1. The molecule has 1 saturated heterocycles. The molecule has 1 aromatic heterocycles. The summed E-state index contributed by atoms with van der Waals surface area (Å²) in [5, 5.41) is 9.29.